The topological polar surface area (TPSA) is 51.0 Å². The lowest BCUT2D eigenvalue weighted by Crippen LogP contribution is -2.47. The van der Waals surface area contributed by atoms with Gasteiger partial charge in [0, 0.05) is 20.0 Å². The minimum Gasteiger partial charge on any atom is -0.419 e. The van der Waals surface area contributed by atoms with Gasteiger partial charge in [-0.25, -0.2) is 0 Å². The van der Waals surface area contributed by atoms with E-state index in [0.29, 0.717) is 18.3 Å². The summed E-state index contributed by atoms with van der Waals surface area (Å²) in [5.74, 6) is 1.16. The molecule has 0 spiro atoms. The Labute approximate surface area is 163 Å². The molecule has 4 nitrogen and oxygen atoms in total. The summed E-state index contributed by atoms with van der Waals surface area (Å²) in [5, 5.41) is 12.0. The molecule has 2 aromatic carbocycles. The van der Waals surface area contributed by atoms with Crippen molar-refractivity contribution < 1.29 is 4.42 Å². The van der Waals surface area contributed by atoms with Crippen molar-refractivity contribution in [2.75, 3.05) is 0 Å². The molecular weight excluding hydrogens is 446 g/mol. The molecule has 1 heterocycles. The number of rotatable bonds is 5. The summed E-state index contributed by atoms with van der Waals surface area (Å²) in [6, 6.07) is 16.4. The van der Waals surface area contributed by atoms with Crippen LogP contribution in [0.1, 0.15) is 30.7 Å². The van der Waals surface area contributed by atoms with Gasteiger partial charge in [-0.1, -0.05) is 50.1 Å². The summed E-state index contributed by atoms with van der Waals surface area (Å²) in [5.41, 5.74) is 2.25. The minimum atomic E-state index is 0.0190. The number of aromatic nitrogens is 2. The van der Waals surface area contributed by atoms with Crippen LogP contribution < -0.4 is 5.32 Å². The lowest BCUT2D eigenvalue weighted by Gasteiger charge is -2.43. The van der Waals surface area contributed by atoms with Crippen LogP contribution in [0.2, 0.25) is 0 Å². The van der Waals surface area contributed by atoms with E-state index in [0.717, 1.165) is 27.4 Å². The SMILES string of the molecule is Brc1ccc(C2(NCc3nnc(-c4cccc(Br)c4)o3)CCC2)cc1. The second-order valence-corrected chi connectivity index (χ2v) is 8.14. The molecule has 0 bridgehead atoms. The van der Waals surface area contributed by atoms with Crippen LogP contribution in [0.5, 0.6) is 0 Å². The Balaban J connectivity index is 1.48. The third kappa shape index (κ3) is 3.57. The molecule has 0 aliphatic heterocycles. The van der Waals surface area contributed by atoms with Crippen LogP contribution in [0.15, 0.2) is 61.9 Å². The lowest BCUT2D eigenvalue weighted by atomic mass is 9.72. The van der Waals surface area contributed by atoms with Crippen molar-refractivity contribution in [2.24, 2.45) is 0 Å². The van der Waals surface area contributed by atoms with Crippen LogP contribution in [0, 0.1) is 0 Å². The van der Waals surface area contributed by atoms with Gasteiger partial charge in [0.25, 0.3) is 0 Å². The van der Waals surface area contributed by atoms with E-state index in [1.54, 1.807) is 0 Å². The average molecular weight is 463 g/mol. The maximum absolute atomic E-state index is 5.83. The highest BCUT2D eigenvalue weighted by molar-refractivity contribution is 9.10. The van der Waals surface area contributed by atoms with E-state index < -0.39 is 0 Å². The first-order valence-corrected chi connectivity index (χ1v) is 9.83. The number of nitrogens with zero attached hydrogens (tertiary/aromatic N) is 2. The van der Waals surface area contributed by atoms with Crippen molar-refractivity contribution in [1.29, 1.82) is 0 Å². The van der Waals surface area contributed by atoms with E-state index in [1.807, 2.05) is 24.3 Å². The van der Waals surface area contributed by atoms with Gasteiger partial charge in [0.05, 0.1) is 6.54 Å². The first kappa shape index (κ1) is 16.9. The van der Waals surface area contributed by atoms with Crippen molar-refractivity contribution in [1.82, 2.24) is 15.5 Å². The second kappa shape index (κ2) is 7.02. The maximum atomic E-state index is 5.83. The minimum absolute atomic E-state index is 0.0190. The Kier molecular flexibility index (Phi) is 4.75. The van der Waals surface area contributed by atoms with Crippen LogP contribution in [-0.2, 0) is 12.1 Å². The van der Waals surface area contributed by atoms with Crippen LogP contribution in [0.4, 0.5) is 0 Å². The van der Waals surface area contributed by atoms with Gasteiger partial charge in [-0.15, -0.1) is 10.2 Å². The zero-order valence-corrected chi connectivity index (χ0v) is 16.7. The molecule has 1 N–H and O–H groups in total. The molecule has 0 saturated heterocycles. The number of hydrogen-bond acceptors (Lipinski definition) is 4. The fourth-order valence-electron chi connectivity index (χ4n) is 3.17. The summed E-state index contributed by atoms with van der Waals surface area (Å²) in [4.78, 5) is 0. The van der Waals surface area contributed by atoms with Crippen molar-refractivity contribution in [3.63, 3.8) is 0 Å². The molecule has 6 heteroatoms. The largest absolute Gasteiger partial charge is 0.419 e. The molecular formula is C19H17Br2N3O. The molecule has 25 heavy (non-hydrogen) atoms. The zero-order valence-electron chi connectivity index (χ0n) is 13.5. The van der Waals surface area contributed by atoms with Crippen LogP contribution in [-0.4, -0.2) is 10.2 Å². The second-order valence-electron chi connectivity index (χ2n) is 6.31. The Morgan fingerprint density at radius 2 is 1.80 bits per heavy atom. The third-order valence-electron chi connectivity index (χ3n) is 4.72. The molecule has 1 saturated carbocycles. The van der Waals surface area contributed by atoms with Gasteiger partial charge in [0.1, 0.15) is 0 Å². The molecule has 128 valence electrons. The van der Waals surface area contributed by atoms with E-state index in [9.17, 15) is 0 Å². The van der Waals surface area contributed by atoms with E-state index in [1.165, 1.54) is 12.0 Å². The summed E-state index contributed by atoms with van der Waals surface area (Å²) >= 11 is 6.97. The number of hydrogen-bond donors (Lipinski definition) is 1. The summed E-state index contributed by atoms with van der Waals surface area (Å²) in [7, 11) is 0. The Morgan fingerprint density at radius 1 is 1.00 bits per heavy atom. The quantitative estimate of drug-likeness (QED) is 0.549. The smallest absolute Gasteiger partial charge is 0.247 e. The Hall–Kier alpha value is -1.50. The molecule has 0 amide bonds. The van der Waals surface area contributed by atoms with E-state index >= 15 is 0 Å². The predicted octanol–water partition coefficient (Wildman–Crippen LogP) is 5.43. The normalized spacial score (nSPS) is 15.8. The fraction of sp³-hybridized carbons (Fsp3) is 0.263. The lowest BCUT2D eigenvalue weighted by molar-refractivity contribution is 0.177. The highest BCUT2D eigenvalue weighted by Crippen LogP contribution is 2.41. The summed E-state index contributed by atoms with van der Waals surface area (Å²) < 4.78 is 7.92. The Bertz CT molecular complexity index is 872. The zero-order chi connectivity index (χ0) is 17.3. The number of benzene rings is 2. The van der Waals surface area contributed by atoms with Gasteiger partial charge in [0.2, 0.25) is 11.8 Å². The molecule has 1 aliphatic carbocycles. The molecule has 0 unspecified atom stereocenters. The molecule has 3 aromatic rings. The van der Waals surface area contributed by atoms with Gasteiger partial charge in [-0.05, 0) is 55.2 Å². The molecule has 4 rings (SSSR count). The van der Waals surface area contributed by atoms with Crippen LogP contribution >= 0.6 is 31.9 Å². The highest BCUT2D eigenvalue weighted by Gasteiger charge is 2.38. The van der Waals surface area contributed by atoms with Gasteiger partial charge in [-0.2, -0.15) is 0 Å². The number of nitrogens with one attached hydrogen (secondary N) is 1. The predicted molar refractivity (Wildman–Crippen MR) is 104 cm³/mol. The Morgan fingerprint density at radius 3 is 2.48 bits per heavy atom. The molecule has 1 aliphatic rings. The monoisotopic (exact) mass is 461 g/mol. The van der Waals surface area contributed by atoms with E-state index in [2.05, 4.69) is 71.6 Å². The fourth-order valence-corrected chi connectivity index (χ4v) is 3.84. The van der Waals surface area contributed by atoms with Crippen molar-refractivity contribution >= 4 is 31.9 Å². The highest BCUT2D eigenvalue weighted by atomic mass is 79.9. The number of halogens is 2. The van der Waals surface area contributed by atoms with Gasteiger partial charge in [0.15, 0.2) is 0 Å². The van der Waals surface area contributed by atoms with Gasteiger partial charge < -0.3 is 4.42 Å². The van der Waals surface area contributed by atoms with Crippen molar-refractivity contribution in [3.05, 3.63) is 68.9 Å². The average Bonchev–Trinajstić information content (AvgIpc) is 3.04. The van der Waals surface area contributed by atoms with E-state index in [4.69, 9.17) is 4.42 Å². The van der Waals surface area contributed by atoms with Crippen molar-refractivity contribution in [3.8, 4) is 11.5 Å². The molecule has 0 atom stereocenters. The van der Waals surface area contributed by atoms with Crippen molar-refractivity contribution in [2.45, 2.75) is 31.3 Å². The van der Waals surface area contributed by atoms with E-state index in [-0.39, 0.29) is 5.54 Å². The molecule has 1 aromatic heterocycles. The van der Waals surface area contributed by atoms with Gasteiger partial charge in [-0.3, -0.25) is 5.32 Å². The molecule has 0 radical (unpaired) electrons. The summed E-state index contributed by atoms with van der Waals surface area (Å²) in [6.07, 6.45) is 3.48. The molecule has 1 fully saturated rings. The summed E-state index contributed by atoms with van der Waals surface area (Å²) in [6.45, 7) is 0.567. The maximum Gasteiger partial charge on any atom is 0.247 e. The first-order chi connectivity index (χ1) is 12.1. The first-order valence-electron chi connectivity index (χ1n) is 8.24. The van der Waals surface area contributed by atoms with Gasteiger partial charge >= 0.3 is 0 Å². The third-order valence-corrected chi connectivity index (χ3v) is 5.74. The van der Waals surface area contributed by atoms with Crippen LogP contribution in [0.3, 0.4) is 0 Å². The van der Waals surface area contributed by atoms with Crippen LogP contribution in [0.25, 0.3) is 11.5 Å². The standard InChI is InChI=1S/C19H17Br2N3O/c20-15-7-5-14(6-8-15)19(9-2-10-19)22-12-17-23-24-18(25-17)13-3-1-4-16(21)11-13/h1,3-8,11,22H,2,9-10,12H2.